The van der Waals surface area contributed by atoms with E-state index < -0.39 is 0 Å². The predicted molar refractivity (Wildman–Crippen MR) is 113 cm³/mol. The molecule has 1 aromatic carbocycles. The summed E-state index contributed by atoms with van der Waals surface area (Å²) in [6.45, 7) is 4.29. The number of amides is 1. The van der Waals surface area contributed by atoms with E-state index in [0.29, 0.717) is 17.9 Å². The van der Waals surface area contributed by atoms with Crippen molar-refractivity contribution in [1.29, 1.82) is 0 Å². The third kappa shape index (κ3) is 3.36. The van der Waals surface area contributed by atoms with Crippen molar-refractivity contribution in [3.8, 4) is 0 Å². The Morgan fingerprint density at radius 2 is 1.83 bits per heavy atom. The zero-order valence-corrected chi connectivity index (χ0v) is 17.1. The predicted octanol–water partition coefficient (Wildman–Crippen LogP) is 3.24. The number of nitrogens with one attached hydrogen (secondary N) is 3. The highest BCUT2D eigenvalue weighted by molar-refractivity contribution is 5.81. The average molecular weight is 391 g/mol. The zero-order valence-electron chi connectivity index (χ0n) is 17.1. The van der Waals surface area contributed by atoms with Crippen LogP contribution >= 0.6 is 0 Å². The smallest absolute Gasteiger partial charge is 0.223 e. The maximum atomic E-state index is 12.9. The van der Waals surface area contributed by atoms with Crippen molar-refractivity contribution >= 4 is 5.91 Å². The third-order valence-electron chi connectivity index (χ3n) is 7.55. The van der Waals surface area contributed by atoms with E-state index in [1.165, 1.54) is 11.1 Å². The monoisotopic (exact) mass is 390 g/mol. The molecule has 5 nitrogen and oxygen atoms in total. The van der Waals surface area contributed by atoms with Crippen LogP contribution in [0.25, 0.3) is 0 Å². The molecular weight excluding hydrogens is 360 g/mol. The molecule has 0 radical (unpaired) electrons. The van der Waals surface area contributed by atoms with Crippen molar-refractivity contribution in [2.24, 2.45) is 17.8 Å². The first-order chi connectivity index (χ1) is 14.1. The molecule has 3 fully saturated rings. The van der Waals surface area contributed by atoms with E-state index in [1.54, 1.807) is 0 Å². The van der Waals surface area contributed by atoms with Gasteiger partial charge in [-0.1, -0.05) is 43.3 Å². The Balaban J connectivity index is 1.35. The van der Waals surface area contributed by atoms with Gasteiger partial charge in [-0.3, -0.25) is 15.2 Å². The molecular formula is C24H30N4O. The number of pyridine rings is 1. The minimum atomic E-state index is 0.0519. The number of aryl methyl sites for hydroxylation is 1. The summed E-state index contributed by atoms with van der Waals surface area (Å²) in [5.41, 5.74) is 10.7. The fourth-order valence-corrected chi connectivity index (χ4v) is 5.87. The lowest BCUT2D eigenvalue weighted by molar-refractivity contribution is -0.131. The van der Waals surface area contributed by atoms with Crippen LogP contribution in [0.2, 0.25) is 0 Å². The molecule has 1 aliphatic carbocycles. The summed E-state index contributed by atoms with van der Waals surface area (Å²) in [5.74, 6) is 1.59. The molecule has 7 atom stereocenters. The zero-order chi connectivity index (χ0) is 20.0. The summed E-state index contributed by atoms with van der Waals surface area (Å²) in [5, 5.41) is 3.38. The van der Waals surface area contributed by atoms with Gasteiger partial charge in [-0.2, -0.15) is 0 Å². The summed E-state index contributed by atoms with van der Waals surface area (Å²) in [6.07, 6.45) is 4.97. The summed E-state index contributed by atoms with van der Waals surface area (Å²) in [6, 6.07) is 15.6. The second-order valence-electron chi connectivity index (χ2n) is 9.10. The van der Waals surface area contributed by atoms with Crippen LogP contribution in [0.5, 0.6) is 0 Å². The van der Waals surface area contributed by atoms with Gasteiger partial charge in [0, 0.05) is 29.9 Å². The van der Waals surface area contributed by atoms with E-state index in [-0.39, 0.29) is 29.8 Å². The SMILES string of the molecule is Cc1ncccc1C1NNC2CC3NC(=O)C(C(C)c4ccccc4)CC3CC21. The fraction of sp³-hybridized carbons (Fsp3) is 0.500. The van der Waals surface area contributed by atoms with Crippen LogP contribution in [0.4, 0.5) is 0 Å². The normalized spacial score (nSPS) is 34.8. The van der Waals surface area contributed by atoms with E-state index in [0.717, 1.165) is 25.0 Å². The van der Waals surface area contributed by atoms with Gasteiger partial charge >= 0.3 is 0 Å². The van der Waals surface area contributed by atoms with E-state index in [2.05, 4.69) is 65.3 Å². The number of rotatable bonds is 3. The molecule has 5 rings (SSSR count). The minimum absolute atomic E-state index is 0.0519. The van der Waals surface area contributed by atoms with Crippen molar-refractivity contribution in [1.82, 2.24) is 21.2 Å². The molecule has 152 valence electrons. The number of hydrogen-bond acceptors (Lipinski definition) is 4. The number of carbonyl (C=O) groups is 1. The number of piperidine rings is 1. The van der Waals surface area contributed by atoms with Crippen LogP contribution in [0, 0.1) is 24.7 Å². The van der Waals surface area contributed by atoms with Crippen LogP contribution in [0.3, 0.4) is 0 Å². The van der Waals surface area contributed by atoms with Crippen LogP contribution in [-0.4, -0.2) is 23.0 Å². The van der Waals surface area contributed by atoms with Gasteiger partial charge in [0.05, 0.1) is 6.04 Å². The number of fused-ring (bicyclic) bond motifs is 2. The number of benzene rings is 1. The van der Waals surface area contributed by atoms with E-state index in [4.69, 9.17) is 0 Å². The lowest BCUT2D eigenvalue weighted by atomic mass is 9.66. The van der Waals surface area contributed by atoms with E-state index >= 15 is 0 Å². The highest BCUT2D eigenvalue weighted by Crippen LogP contribution is 2.46. The summed E-state index contributed by atoms with van der Waals surface area (Å²) >= 11 is 0. The quantitative estimate of drug-likeness (QED) is 0.753. The lowest BCUT2D eigenvalue weighted by Crippen LogP contribution is -2.56. The van der Waals surface area contributed by atoms with Crippen LogP contribution in [-0.2, 0) is 4.79 Å². The van der Waals surface area contributed by atoms with Crippen LogP contribution < -0.4 is 16.2 Å². The highest BCUT2D eigenvalue weighted by Gasteiger charge is 2.49. The number of hydrogen-bond donors (Lipinski definition) is 3. The molecule has 2 aromatic rings. The second-order valence-corrected chi connectivity index (χ2v) is 9.10. The minimum Gasteiger partial charge on any atom is -0.353 e. The summed E-state index contributed by atoms with van der Waals surface area (Å²) in [7, 11) is 0. The molecule has 3 aliphatic rings. The van der Waals surface area contributed by atoms with Crippen molar-refractivity contribution in [3.05, 3.63) is 65.5 Å². The van der Waals surface area contributed by atoms with Gasteiger partial charge in [0.15, 0.2) is 0 Å². The molecule has 1 aromatic heterocycles. The standard InChI is InChI=1S/C24H30N4O/c1-14(16-7-4-3-5-8-16)19-11-17-12-20-22(13-21(17)26-24(19)29)27-28-23(20)18-9-6-10-25-15(18)2/h3-10,14,17,19-23,27-28H,11-13H2,1-2H3,(H,26,29). The molecule has 29 heavy (non-hydrogen) atoms. The Morgan fingerprint density at radius 3 is 2.62 bits per heavy atom. The topological polar surface area (TPSA) is 66.1 Å². The Labute approximate surface area is 172 Å². The van der Waals surface area contributed by atoms with Gasteiger partial charge in [0.1, 0.15) is 0 Å². The third-order valence-corrected chi connectivity index (χ3v) is 7.55. The van der Waals surface area contributed by atoms with Crippen LogP contribution in [0.1, 0.15) is 55.0 Å². The van der Waals surface area contributed by atoms with E-state index in [9.17, 15) is 4.79 Å². The molecule has 7 unspecified atom stereocenters. The van der Waals surface area contributed by atoms with Crippen molar-refractivity contribution in [2.45, 2.75) is 57.2 Å². The number of nitrogens with zero attached hydrogens (tertiary/aromatic N) is 1. The molecule has 3 N–H and O–H groups in total. The van der Waals surface area contributed by atoms with Gasteiger partial charge in [-0.05, 0) is 61.1 Å². The Bertz CT molecular complexity index is 885. The van der Waals surface area contributed by atoms with Crippen LogP contribution in [0.15, 0.2) is 48.7 Å². The molecule has 3 heterocycles. The van der Waals surface area contributed by atoms with Gasteiger partial charge in [-0.25, -0.2) is 5.43 Å². The maximum absolute atomic E-state index is 12.9. The summed E-state index contributed by atoms with van der Waals surface area (Å²) < 4.78 is 0. The first-order valence-corrected chi connectivity index (χ1v) is 10.9. The molecule has 1 amide bonds. The molecule has 1 saturated carbocycles. The van der Waals surface area contributed by atoms with Gasteiger partial charge in [0.25, 0.3) is 0 Å². The van der Waals surface area contributed by atoms with Crippen molar-refractivity contribution < 1.29 is 4.79 Å². The molecule has 0 spiro atoms. The maximum Gasteiger partial charge on any atom is 0.223 e. The van der Waals surface area contributed by atoms with Crippen molar-refractivity contribution in [2.75, 3.05) is 0 Å². The molecule has 2 aliphatic heterocycles. The number of aromatic nitrogens is 1. The first kappa shape index (κ1) is 18.8. The Kier molecular flexibility index (Phi) is 4.88. The Hall–Kier alpha value is -2.24. The number of carbonyl (C=O) groups excluding carboxylic acids is 1. The summed E-state index contributed by atoms with van der Waals surface area (Å²) in [4.78, 5) is 17.4. The molecule has 0 bridgehead atoms. The van der Waals surface area contributed by atoms with Gasteiger partial charge in [-0.15, -0.1) is 0 Å². The van der Waals surface area contributed by atoms with Crippen molar-refractivity contribution in [3.63, 3.8) is 0 Å². The van der Waals surface area contributed by atoms with Gasteiger partial charge < -0.3 is 5.32 Å². The average Bonchev–Trinajstić information content (AvgIpc) is 3.14. The van der Waals surface area contributed by atoms with Gasteiger partial charge in [0.2, 0.25) is 5.91 Å². The lowest BCUT2D eigenvalue weighted by Gasteiger charge is -2.45. The Morgan fingerprint density at radius 1 is 1.00 bits per heavy atom. The largest absolute Gasteiger partial charge is 0.353 e. The first-order valence-electron chi connectivity index (χ1n) is 10.9. The highest BCUT2D eigenvalue weighted by atomic mass is 16.2. The fourth-order valence-electron chi connectivity index (χ4n) is 5.87. The van der Waals surface area contributed by atoms with E-state index in [1.807, 2.05) is 18.3 Å². The number of hydrazine groups is 1. The molecule has 2 saturated heterocycles. The second kappa shape index (κ2) is 7.54. The molecule has 5 heteroatoms.